The Morgan fingerprint density at radius 2 is 2.12 bits per heavy atom. The van der Waals surface area contributed by atoms with Gasteiger partial charge in [-0.1, -0.05) is 6.07 Å². The summed E-state index contributed by atoms with van der Waals surface area (Å²) in [5.41, 5.74) is 1.85. The van der Waals surface area contributed by atoms with Crippen LogP contribution in [0.25, 0.3) is 11.2 Å². The summed E-state index contributed by atoms with van der Waals surface area (Å²) in [6.45, 7) is 0.820. The van der Waals surface area contributed by atoms with Gasteiger partial charge in [0.1, 0.15) is 11.6 Å². The van der Waals surface area contributed by atoms with Gasteiger partial charge in [-0.05, 0) is 23.7 Å². The molecular weight excluding hydrogens is 362 g/mol. The van der Waals surface area contributed by atoms with E-state index >= 15 is 0 Å². The third-order valence-corrected chi connectivity index (χ3v) is 4.22. The highest BCUT2D eigenvalue weighted by molar-refractivity contribution is 7.09. The van der Waals surface area contributed by atoms with Crippen molar-refractivity contribution in [3.8, 4) is 6.01 Å². The summed E-state index contributed by atoms with van der Waals surface area (Å²) >= 11 is 7.55. The van der Waals surface area contributed by atoms with Crippen LogP contribution in [-0.4, -0.2) is 29.9 Å². The van der Waals surface area contributed by atoms with Gasteiger partial charge in [0.2, 0.25) is 5.28 Å². The number of hydrogen-bond donors (Lipinski definition) is 2. The minimum absolute atomic E-state index is 0.120. The zero-order chi connectivity index (χ0) is 17.1. The first-order chi connectivity index (χ1) is 12.3. The molecule has 0 spiro atoms. The number of thiazole rings is 1. The molecule has 4 aromatic rings. The predicted molar refractivity (Wildman–Crippen MR) is 94.7 cm³/mol. The molecule has 0 radical (unpaired) electrons. The number of H-pyrrole nitrogens is 1. The largest absolute Gasteiger partial charge is 0.458 e. The second kappa shape index (κ2) is 6.99. The summed E-state index contributed by atoms with van der Waals surface area (Å²) in [4.78, 5) is 24.2. The van der Waals surface area contributed by atoms with Gasteiger partial charge >= 0.3 is 0 Å². The van der Waals surface area contributed by atoms with Crippen molar-refractivity contribution in [3.05, 3.63) is 52.0 Å². The van der Waals surface area contributed by atoms with Crippen LogP contribution in [0.3, 0.4) is 0 Å². The lowest BCUT2D eigenvalue weighted by Gasteiger charge is -2.03. The van der Waals surface area contributed by atoms with Crippen LogP contribution < -0.4 is 10.1 Å². The number of nitrogens with one attached hydrogen (secondary N) is 2. The minimum Gasteiger partial charge on any atom is -0.458 e. The number of anilines is 1. The first-order valence-electron chi connectivity index (χ1n) is 7.36. The van der Waals surface area contributed by atoms with E-state index in [4.69, 9.17) is 16.3 Å². The Labute approximate surface area is 151 Å². The Hall–Kier alpha value is -2.78. The number of fused-ring (bicyclic) bond motifs is 1. The van der Waals surface area contributed by atoms with E-state index in [-0.39, 0.29) is 5.28 Å². The molecule has 2 N–H and O–H groups in total. The van der Waals surface area contributed by atoms with E-state index in [1.165, 1.54) is 0 Å². The van der Waals surface area contributed by atoms with Crippen molar-refractivity contribution in [2.75, 3.05) is 5.32 Å². The van der Waals surface area contributed by atoms with Crippen LogP contribution in [0.5, 0.6) is 6.01 Å². The molecule has 4 heterocycles. The summed E-state index contributed by atoms with van der Waals surface area (Å²) in [5, 5.41) is 6.15. The fraction of sp³-hybridized carbons (Fsp3) is 0.133. The zero-order valence-electron chi connectivity index (χ0n) is 12.8. The van der Waals surface area contributed by atoms with E-state index in [1.54, 1.807) is 23.7 Å². The fourth-order valence-electron chi connectivity index (χ4n) is 2.17. The molecular formula is C15H12ClN7OS. The molecule has 0 bridgehead atoms. The monoisotopic (exact) mass is 373 g/mol. The second-order valence-corrected chi connectivity index (χ2v) is 6.29. The summed E-state index contributed by atoms with van der Waals surface area (Å²) in [7, 11) is 0. The van der Waals surface area contributed by atoms with Gasteiger partial charge in [-0.3, -0.25) is 9.97 Å². The third kappa shape index (κ3) is 3.67. The summed E-state index contributed by atoms with van der Waals surface area (Å²) in [5.74, 6) is 0.522. The number of imidazole rings is 1. The maximum absolute atomic E-state index is 5.99. The number of pyridine rings is 1. The van der Waals surface area contributed by atoms with Crippen LogP contribution in [0.2, 0.25) is 5.28 Å². The Balaban J connectivity index is 1.55. The summed E-state index contributed by atoms with van der Waals surface area (Å²) < 4.78 is 5.64. The molecule has 0 aliphatic rings. The molecule has 4 rings (SSSR count). The van der Waals surface area contributed by atoms with Gasteiger partial charge in [0.15, 0.2) is 17.0 Å². The SMILES string of the molecule is Clc1nc(NCc2nccs2)c2nc(OCc3ccccn3)[nH]c2n1. The van der Waals surface area contributed by atoms with Gasteiger partial charge in [-0.15, -0.1) is 11.3 Å². The van der Waals surface area contributed by atoms with E-state index in [9.17, 15) is 0 Å². The molecule has 0 fully saturated rings. The predicted octanol–water partition coefficient (Wildman–Crippen LogP) is 3.05. The van der Waals surface area contributed by atoms with E-state index in [0.29, 0.717) is 36.1 Å². The molecule has 126 valence electrons. The van der Waals surface area contributed by atoms with Crippen LogP contribution in [0.15, 0.2) is 36.0 Å². The molecule has 8 nitrogen and oxygen atoms in total. The zero-order valence-corrected chi connectivity index (χ0v) is 14.4. The second-order valence-electron chi connectivity index (χ2n) is 4.97. The van der Waals surface area contributed by atoms with Crippen molar-refractivity contribution in [3.63, 3.8) is 0 Å². The van der Waals surface area contributed by atoms with Crippen molar-refractivity contribution in [2.45, 2.75) is 13.2 Å². The van der Waals surface area contributed by atoms with Gasteiger partial charge in [0.25, 0.3) is 6.01 Å². The average Bonchev–Trinajstić information content (AvgIpc) is 3.28. The molecule has 25 heavy (non-hydrogen) atoms. The van der Waals surface area contributed by atoms with Gasteiger partial charge in [-0.25, -0.2) is 4.98 Å². The van der Waals surface area contributed by atoms with Crippen molar-refractivity contribution >= 4 is 39.9 Å². The van der Waals surface area contributed by atoms with Crippen LogP contribution >= 0.6 is 22.9 Å². The minimum atomic E-state index is 0.120. The smallest absolute Gasteiger partial charge is 0.296 e. The Kier molecular flexibility index (Phi) is 4.40. The summed E-state index contributed by atoms with van der Waals surface area (Å²) in [6.07, 6.45) is 3.46. The lowest BCUT2D eigenvalue weighted by molar-refractivity contribution is 0.280. The van der Waals surface area contributed by atoms with E-state index < -0.39 is 0 Å². The van der Waals surface area contributed by atoms with Gasteiger partial charge in [0, 0.05) is 17.8 Å². The number of halogens is 1. The topological polar surface area (TPSA) is 102 Å². The van der Waals surface area contributed by atoms with E-state index in [0.717, 1.165) is 10.7 Å². The standard InChI is InChI=1S/C15H12ClN7OS/c16-14-21-12(19-7-10-18-5-6-25-10)11-13(22-14)23-15(20-11)24-8-9-3-1-2-4-17-9/h1-6H,7-8H2,(H2,19,20,21,22,23). The first kappa shape index (κ1) is 15.7. The molecule has 0 saturated heterocycles. The van der Waals surface area contributed by atoms with Gasteiger partial charge < -0.3 is 10.1 Å². The highest BCUT2D eigenvalue weighted by atomic mass is 35.5. The number of aromatic amines is 1. The number of nitrogens with zero attached hydrogens (tertiary/aromatic N) is 5. The maximum atomic E-state index is 5.99. The van der Waals surface area contributed by atoms with Gasteiger partial charge in [0.05, 0.1) is 12.2 Å². The molecule has 0 aliphatic heterocycles. The molecule has 0 saturated carbocycles. The van der Waals surface area contributed by atoms with Crippen LogP contribution in [0, 0.1) is 0 Å². The maximum Gasteiger partial charge on any atom is 0.296 e. The molecule has 4 aromatic heterocycles. The number of rotatable bonds is 6. The quantitative estimate of drug-likeness (QED) is 0.501. The normalized spacial score (nSPS) is 10.9. The van der Waals surface area contributed by atoms with E-state index in [2.05, 4.69) is 35.2 Å². The number of aromatic nitrogens is 6. The lowest BCUT2D eigenvalue weighted by atomic mass is 10.4. The van der Waals surface area contributed by atoms with Crippen molar-refractivity contribution in [1.29, 1.82) is 0 Å². The molecule has 0 unspecified atom stereocenters. The first-order valence-corrected chi connectivity index (χ1v) is 8.62. The number of ether oxygens (including phenoxy) is 1. The van der Waals surface area contributed by atoms with Gasteiger partial charge in [-0.2, -0.15) is 15.0 Å². The average molecular weight is 374 g/mol. The Bertz CT molecular complexity index is 974. The van der Waals surface area contributed by atoms with Crippen molar-refractivity contribution in [1.82, 2.24) is 29.9 Å². The van der Waals surface area contributed by atoms with Crippen LogP contribution in [0.4, 0.5) is 5.82 Å². The van der Waals surface area contributed by atoms with Crippen LogP contribution in [0.1, 0.15) is 10.7 Å². The fourth-order valence-corrected chi connectivity index (χ4v) is 2.89. The Morgan fingerprint density at radius 1 is 1.16 bits per heavy atom. The van der Waals surface area contributed by atoms with E-state index in [1.807, 2.05) is 23.6 Å². The van der Waals surface area contributed by atoms with Crippen LogP contribution in [-0.2, 0) is 13.2 Å². The molecule has 0 atom stereocenters. The lowest BCUT2D eigenvalue weighted by Crippen LogP contribution is -2.03. The molecule has 10 heteroatoms. The number of hydrogen-bond acceptors (Lipinski definition) is 8. The molecule has 0 aromatic carbocycles. The highest BCUT2D eigenvalue weighted by Crippen LogP contribution is 2.23. The molecule has 0 aliphatic carbocycles. The summed E-state index contributed by atoms with van der Waals surface area (Å²) in [6, 6.07) is 5.95. The highest BCUT2D eigenvalue weighted by Gasteiger charge is 2.13. The van der Waals surface area contributed by atoms with Crippen molar-refractivity contribution in [2.24, 2.45) is 0 Å². The Morgan fingerprint density at radius 3 is 2.92 bits per heavy atom. The van der Waals surface area contributed by atoms with Crippen molar-refractivity contribution < 1.29 is 4.74 Å². The molecule has 0 amide bonds. The third-order valence-electron chi connectivity index (χ3n) is 3.27.